The summed E-state index contributed by atoms with van der Waals surface area (Å²) in [5.74, 6) is -3.25. The second-order valence-electron chi connectivity index (χ2n) is 8.15. The van der Waals surface area contributed by atoms with Gasteiger partial charge in [-0.25, -0.2) is 17.2 Å². The van der Waals surface area contributed by atoms with Gasteiger partial charge in [0.1, 0.15) is 4.90 Å². The number of anilines is 1. The summed E-state index contributed by atoms with van der Waals surface area (Å²) in [7, 11) is -4.09. The zero-order valence-corrected chi connectivity index (χ0v) is 20.5. The lowest BCUT2D eigenvalue weighted by molar-refractivity contribution is -0.00961. The van der Waals surface area contributed by atoms with Gasteiger partial charge in [-0.2, -0.15) is 4.31 Å². The molecule has 3 aromatic carbocycles. The van der Waals surface area contributed by atoms with E-state index in [1.807, 2.05) is 6.07 Å². The quantitative estimate of drug-likeness (QED) is 0.435. The van der Waals surface area contributed by atoms with E-state index in [1.165, 1.54) is 16.4 Å². The van der Waals surface area contributed by atoms with Crippen molar-refractivity contribution in [3.8, 4) is 0 Å². The molecule has 1 heterocycles. The number of piperidine rings is 1. The molecule has 184 valence electrons. The van der Waals surface area contributed by atoms with E-state index >= 15 is 0 Å². The minimum absolute atomic E-state index is 0.0494. The van der Waals surface area contributed by atoms with Crippen molar-refractivity contribution in [1.29, 1.82) is 0 Å². The highest BCUT2D eigenvalue weighted by Gasteiger charge is 2.39. The van der Waals surface area contributed by atoms with Gasteiger partial charge in [0.15, 0.2) is 11.6 Å². The predicted molar refractivity (Wildman–Crippen MR) is 129 cm³/mol. The van der Waals surface area contributed by atoms with Gasteiger partial charge in [0.25, 0.3) is 5.91 Å². The largest absolute Gasteiger partial charge is 0.385 e. The lowest BCUT2D eigenvalue weighted by atomic mass is 9.85. The molecule has 1 saturated heterocycles. The first-order valence-corrected chi connectivity index (χ1v) is 12.7. The summed E-state index contributed by atoms with van der Waals surface area (Å²) in [6, 6.07) is 14.5. The first-order chi connectivity index (χ1) is 16.5. The van der Waals surface area contributed by atoms with Crippen molar-refractivity contribution in [2.24, 2.45) is 0 Å². The Morgan fingerprint density at radius 3 is 2.26 bits per heavy atom. The van der Waals surface area contributed by atoms with Crippen molar-refractivity contribution in [2.45, 2.75) is 23.3 Å². The fraction of sp³-hybridized carbons (Fsp3) is 0.208. The van der Waals surface area contributed by atoms with E-state index in [9.17, 15) is 27.1 Å². The number of rotatable bonds is 5. The number of sulfonamides is 1. The zero-order chi connectivity index (χ0) is 25.4. The first-order valence-electron chi connectivity index (χ1n) is 10.5. The van der Waals surface area contributed by atoms with Crippen LogP contribution in [0.25, 0.3) is 0 Å². The molecule has 0 aromatic heterocycles. The van der Waals surface area contributed by atoms with Crippen LogP contribution >= 0.6 is 23.2 Å². The van der Waals surface area contributed by atoms with E-state index in [1.54, 1.807) is 24.3 Å². The molecular formula is C24H20Cl2F2N2O4S. The molecular weight excluding hydrogens is 521 g/mol. The van der Waals surface area contributed by atoms with Crippen LogP contribution in [0, 0.1) is 11.6 Å². The Bertz CT molecular complexity index is 1360. The molecule has 0 radical (unpaired) electrons. The van der Waals surface area contributed by atoms with Gasteiger partial charge in [0.05, 0.1) is 15.6 Å². The van der Waals surface area contributed by atoms with Crippen molar-refractivity contribution in [1.82, 2.24) is 4.31 Å². The Morgan fingerprint density at radius 1 is 0.971 bits per heavy atom. The minimum Gasteiger partial charge on any atom is -0.385 e. The first kappa shape index (κ1) is 25.5. The minimum atomic E-state index is -4.09. The molecule has 1 amide bonds. The van der Waals surface area contributed by atoms with Gasteiger partial charge in [-0.15, -0.1) is 0 Å². The third-order valence-corrected chi connectivity index (χ3v) is 8.57. The number of carbonyl (C=O) groups excluding carboxylic acids is 1. The van der Waals surface area contributed by atoms with Crippen LogP contribution in [0.15, 0.2) is 65.6 Å². The number of hydrogen-bond acceptors (Lipinski definition) is 4. The van der Waals surface area contributed by atoms with Crippen LogP contribution in [0.2, 0.25) is 10.0 Å². The van der Waals surface area contributed by atoms with E-state index in [0.717, 1.165) is 18.2 Å². The third-order valence-electron chi connectivity index (χ3n) is 5.91. The van der Waals surface area contributed by atoms with Gasteiger partial charge >= 0.3 is 0 Å². The fourth-order valence-electron chi connectivity index (χ4n) is 3.95. The molecule has 0 bridgehead atoms. The molecule has 35 heavy (non-hydrogen) atoms. The van der Waals surface area contributed by atoms with Gasteiger partial charge in [-0.3, -0.25) is 4.79 Å². The van der Waals surface area contributed by atoms with E-state index in [4.69, 9.17) is 23.2 Å². The number of nitrogens with zero attached hydrogens (tertiary/aromatic N) is 1. The van der Waals surface area contributed by atoms with Gasteiger partial charge in [0.2, 0.25) is 10.0 Å². The standard InChI is InChI=1S/C24H20Cl2F2N2O4S/c25-18-7-6-15(23(31)29-17-13-19(26)22(28)20(27)14-17)12-21(18)35(33,34)30-10-8-24(32,9-11-30)16-4-2-1-3-5-16/h1-7,12-14,32H,8-11H2,(H,29,31). The Hall–Kier alpha value is -2.56. The van der Waals surface area contributed by atoms with Gasteiger partial charge < -0.3 is 10.4 Å². The highest BCUT2D eigenvalue weighted by Crippen LogP contribution is 2.36. The average Bonchev–Trinajstić information content (AvgIpc) is 2.83. The molecule has 11 heteroatoms. The summed E-state index contributed by atoms with van der Waals surface area (Å²) in [5, 5.41) is 12.8. The molecule has 3 aromatic rings. The lowest BCUT2D eigenvalue weighted by Gasteiger charge is -2.38. The van der Waals surface area contributed by atoms with E-state index in [-0.39, 0.29) is 47.1 Å². The molecule has 0 atom stereocenters. The molecule has 6 nitrogen and oxygen atoms in total. The maximum atomic E-state index is 13.6. The van der Waals surface area contributed by atoms with Crippen LogP contribution in [0.4, 0.5) is 14.5 Å². The van der Waals surface area contributed by atoms with E-state index in [0.29, 0.717) is 5.56 Å². The molecule has 0 saturated carbocycles. The van der Waals surface area contributed by atoms with Crippen LogP contribution < -0.4 is 5.32 Å². The van der Waals surface area contributed by atoms with Crippen LogP contribution in [0.3, 0.4) is 0 Å². The van der Waals surface area contributed by atoms with Gasteiger partial charge in [-0.05, 0) is 42.7 Å². The maximum Gasteiger partial charge on any atom is 0.255 e. The van der Waals surface area contributed by atoms with Crippen molar-refractivity contribution >= 4 is 44.8 Å². The molecule has 1 aliphatic rings. The normalized spacial score (nSPS) is 16.1. The topological polar surface area (TPSA) is 86.7 Å². The average molecular weight is 541 g/mol. The summed E-state index contributed by atoms with van der Waals surface area (Å²) in [4.78, 5) is 12.4. The van der Waals surface area contributed by atoms with E-state index < -0.39 is 38.2 Å². The van der Waals surface area contributed by atoms with Gasteiger partial charge in [-0.1, -0.05) is 53.5 Å². The Balaban J connectivity index is 1.54. The van der Waals surface area contributed by atoms with Crippen LogP contribution in [-0.4, -0.2) is 36.8 Å². The Kier molecular flexibility index (Phi) is 7.17. The van der Waals surface area contributed by atoms with Crippen molar-refractivity contribution in [3.63, 3.8) is 0 Å². The summed E-state index contributed by atoms with van der Waals surface area (Å²) in [6.07, 6.45) is 0.371. The number of halogens is 4. The highest BCUT2D eigenvalue weighted by molar-refractivity contribution is 7.89. The summed E-state index contributed by atoms with van der Waals surface area (Å²) in [6.45, 7) is 0.0989. The van der Waals surface area contributed by atoms with Gasteiger partial charge in [0, 0.05) is 30.4 Å². The maximum absolute atomic E-state index is 13.6. The SMILES string of the molecule is O=C(Nc1cc(F)c(F)c(Cl)c1)c1ccc(Cl)c(S(=O)(=O)N2CCC(O)(c3ccccc3)CC2)c1. The van der Waals surface area contributed by atoms with Crippen molar-refractivity contribution in [3.05, 3.63) is 93.5 Å². The molecule has 1 aliphatic heterocycles. The van der Waals surface area contributed by atoms with Crippen molar-refractivity contribution in [2.75, 3.05) is 18.4 Å². The molecule has 2 N–H and O–H groups in total. The van der Waals surface area contributed by atoms with Crippen LogP contribution in [-0.2, 0) is 15.6 Å². The smallest absolute Gasteiger partial charge is 0.255 e. The van der Waals surface area contributed by atoms with Crippen LogP contribution in [0.5, 0.6) is 0 Å². The van der Waals surface area contributed by atoms with Crippen molar-refractivity contribution < 1.29 is 27.1 Å². The summed E-state index contributed by atoms with van der Waals surface area (Å²) in [5.41, 5.74) is -0.600. The lowest BCUT2D eigenvalue weighted by Crippen LogP contribution is -2.45. The highest BCUT2D eigenvalue weighted by atomic mass is 35.5. The number of amides is 1. The molecule has 0 unspecified atom stereocenters. The zero-order valence-electron chi connectivity index (χ0n) is 18.1. The number of nitrogens with one attached hydrogen (secondary N) is 1. The number of carbonyl (C=O) groups is 1. The summed E-state index contributed by atoms with van der Waals surface area (Å²) >= 11 is 11.8. The monoisotopic (exact) mass is 540 g/mol. The summed E-state index contributed by atoms with van der Waals surface area (Å²) < 4.78 is 54.9. The molecule has 4 rings (SSSR count). The molecule has 1 fully saturated rings. The fourth-order valence-corrected chi connectivity index (χ4v) is 6.10. The Labute approximate surface area is 211 Å². The molecule has 0 aliphatic carbocycles. The predicted octanol–water partition coefficient (Wildman–Crippen LogP) is 5.20. The number of benzene rings is 3. The number of aliphatic hydroxyl groups is 1. The van der Waals surface area contributed by atoms with Crippen LogP contribution in [0.1, 0.15) is 28.8 Å². The second kappa shape index (κ2) is 9.83. The van der Waals surface area contributed by atoms with E-state index in [2.05, 4.69) is 5.32 Å². The molecule has 0 spiro atoms. The second-order valence-corrected chi connectivity index (χ2v) is 10.9. The number of hydrogen-bond donors (Lipinski definition) is 2. The Morgan fingerprint density at radius 2 is 1.63 bits per heavy atom. The third kappa shape index (κ3) is 5.19.